The van der Waals surface area contributed by atoms with Gasteiger partial charge in [0.2, 0.25) is 0 Å². The van der Waals surface area contributed by atoms with Gasteiger partial charge < -0.3 is 5.32 Å². The third-order valence-electron chi connectivity index (χ3n) is 3.66. The van der Waals surface area contributed by atoms with E-state index in [1.54, 1.807) is 0 Å². The molecule has 1 heterocycles. The second kappa shape index (κ2) is 5.41. The lowest BCUT2D eigenvalue weighted by atomic mass is 10.0. The lowest BCUT2D eigenvalue weighted by molar-refractivity contribution is 0.405. The second-order valence-corrected chi connectivity index (χ2v) is 6.19. The lowest BCUT2D eigenvalue weighted by Gasteiger charge is -2.20. The van der Waals surface area contributed by atoms with E-state index in [9.17, 15) is 0 Å². The highest BCUT2D eigenvalue weighted by molar-refractivity contribution is 7.99. The Balaban J connectivity index is 1.73. The standard InChI is InChI=1S/C12H23NS/c1-10-3-2-4-11(6-5-10)13-12-7-8-14-9-12/h10-13H,2-9H2,1H3. The minimum absolute atomic E-state index is 0.832. The summed E-state index contributed by atoms with van der Waals surface area (Å²) in [7, 11) is 0. The molecule has 0 aromatic carbocycles. The monoisotopic (exact) mass is 213 g/mol. The first-order valence-corrected chi connectivity index (χ1v) is 7.34. The van der Waals surface area contributed by atoms with Crippen LogP contribution in [0.4, 0.5) is 0 Å². The molecule has 1 N–H and O–H groups in total. The Morgan fingerprint density at radius 3 is 2.71 bits per heavy atom. The minimum Gasteiger partial charge on any atom is -0.310 e. The van der Waals surface area contributed by atoms with E-state index in [0.29, 0.717) is 0 Å². The predicted molar refractivity (Wildman–Crippen MR) is 64.9 cm³/mol. The van der Waals surface area contributed by atoms with E-state index in [1.807, 2.05) is 0 Å². The molecule has 1 saturated carbocycles. The highest BCUT2D eigenvalue weighted by Crippen LogP contribution is 2.24. The summed E-state index contributed by atoms with van der Waals surface area (Å²) < 4.78 is 0. The summed E-state index contributed by atoms with van der Waals surface area (Å²) in [6, 6.07) is 1.67. The molecule has 82 valence electrons. The maximum absolute atomic E-state index is 3.86. The molecule has 0 amide bonds. The lowest BCUT2D eigenvalue weighted by Crippen LogP contribution is -2.37. The fourth-order valence-electron chi connectivity index (χ4n) is 2.65. The Bertz CT molecular complexity index is 166. The molecular weight excluding hydrogens is 190 g/mol. The molecule has 1 aliphatic heterocycles. The van der Waals surface area contributed by atoms with Gasteiger partial charge in [0.15, 0.2) is 0 Å². The summed E-state index contributed by atoms with van der Waals surface area (Å²) in [5, 5.41) is 3.86. The minimum atomic E-state index is 0.832. The van der Waals surface area contributed by atoms with E-state index in [0.717, 1.165) is 18.0 Å². The zero-order valence-corrected chi connectivity index (χ0v) is 10.1. The molecule has 0 spiro atoms. The fourth-order valence-corrected chi connectivity index (χ4v) is 3.82. The van der Waals surface area contributed by atoms with Crippen LogP contribution in [0.5, 0.6) is 0 Å². The normalized spacial score (nSPS) is 39.6. The van der Waals surface area contributed by atoms with Gasteiger partial charge >= 0.3 is 0 Å². The maximum atomic E-state index is 3.86. The first-order chi connectivity index (χ1) is 6.84. The van der Waals surface area contributed by atoms with Crippen LogP contribution in [0.2, 0.25) is 0 Å². The smallest absolute Gasteiger partial charge is 0.0168 e. The van der Waals surface area contributed by atoms with Crippen LogP contribution in [0.25, 0.3) is 0 Å². The third-order valence-corrected chi connectivity index (χ3v) is 4.82. The summed E-state index contributed by atoms with van der Waals surface area (Å²) in [5.41, 5.74) is 0. The van der Waals surface area contributed by atoms with Gasteiger partial charge in [-0.25, -0.2) is 0 Å². The van der Waals surface area contributed by atoms with Gasteiger partial charge in [0.1, 0.15) is 0 Å². The molecule has 0 bridgehead atoms. The van der Waals surface area contributed by atoms with Crippen LogP contribution >= 0.6 is 11.8 Å². The van der Waals surface area contributed by atoms with Crippen molar-refractivity contribution in [3.05, 3.63) is 0 Å². The SMILES string of the molecule is CC1CCCC(NC2CCSC2)CC1. The van der Waals surface area contributed by atoms with Gasteiger partial charge in [0.25, 0.3) is 0 Å². The predicted octanol–water partition coefficient (Wildman–Crippen LogP) is 3.05. The summed E-state index contributed by atoms with van der Waals surface area (Å²) in [5.74, 6) is 3.70. The molecule has 14 heavy (non-hydrogen) atoms. The van der Waals surface area contributed by atoms with Crippen molar-refractivity contribution in [1.82, 2.24) is 5.32 Å². The Labute approximate surface area is 92.4 Å². The van der Waals surface area contributed by atoms with E-state index in [4.69, 9.17) is 0 Å². The molecule has 3 atom stereocenters. The third kappa shape index (κ3) is 3.16. The van der Waals surface area contributed by atoms with Gasteiger partial charge in [-0.15, -0.1) is 0 Å². The summed E-state index contributed by atoms with van der Waals surface area (Å²) in [4.78, 5) is 0. The summed E-state index contributed by atoms with van der Waals surface area (Å²) in [6.07, 6.45) is 8.58. The first-order valence-electron chi connectivity index (χ1n) is 6.18. The molecule has 0 radical (unpaired) electrons. The molecule has 1 aliphatic carbocycles. The number of hydrogen-bond acceptors (Lipinski definition) is 2. The van der Waals surface area contributed by atoms with Crippen LogP contribution in [-0.2, 0) is 0 Å². The second-order valence-electron chi connectivity index (χ2n) is 5.04. The number of rotatable bonds is 2. The van der Waals surface area contributed by atoms with Crippen LogP contribution in [0.15, 0.2) is 0 Å². The van der Waals surface area contributed by atoms with Gasteiger partial charge in [0, 0.05) is 17.8 Å². The Kier molecular flexibility index (Phi) is 4.18. The van der Waals surface area contributed by atoms with Crippen molar-refractivity contribution in [3.63, 3.8) is 0 Å². The van der Waals surface area contributed by atoms with Crippen molar-refractivity contribution in [1.29, 1.82) is 0 Å². The average molecular weight is 213 g/mol. The number of thioether (sulfide) groups is 1. The van der Waals surface area contributed by atoms with Gasteiger partial charge in [-0.2, -0.15) is 11.8 Å². The van der Waals surface area contributed by atoms with E-state index in [1.165, 1.54) is 50.0 Å². The molecule has 1 nitrogen and oxygen atoms in total. The summed E-state index contributed by atoms with van der Waals surface area (Å²) >= 11 is 2.11. The highest BCUT2D eigenvalue weighted by Gasteiger charge is 2.21. The average Bonchev–Trinajstić information content (AvgIpc) is 2.58. The van der Waals surface area contributed by atoms with E-state index >= 15 is 0 Å². The Morgan fingerprint density at radius 2 is 1.93 bits per heavy atom. The van der Waals surface area contributed by atoms with Crippen LogP contribution in [-0.4, -0.2) is 23.6 Å². The van der Waals surface area contributed by atoms with Crippen LogP contribution in [0.3, 0.4) is 0 Å². The topological polar surface area (TPSA) is 12.0 Å². The van der Waals surface area contributed by atoms with Crippen molar-refractivity contribution < 1.29 is 0 Å². The van der Waals surface area contributed by atoms with Gasteiger partial charge in [-0.3, -0.25) is 0 Å². The summed E-state index contributed by atoms with van der Waals surface area (Å²) in [6.45, 7) is 2.41. The van der Waals surface area contributed by atoms with Crippen LogP contribution < -0.4 is 5.32 Å². The van der Waals surface area contributed by atoms with E-state index in [-0.39, 0.29) is 0 Å². The molecule has 2 aliphatic rings. The maximum Gasteiger partial charge on any atom is 0.0168 e. The fraction of sp³-hybridized carbons (Fsp3) is 1.00. The quantitative estimate of drug-likeness (QED) is 0.708. The first kappa shape index (κ1) is 10.8. The molecular formula is C12H23NS. The van der Waals surface area contributed by atoms with Crippen LogP contribution in [0, 0.1) is 5.92 Å². The van der Waals surface area contributed by atoms with Gasteiger partial charge in [-0.1, -0.05) is 19.8 Å². The number of nitrogens with one attached hydrogen (secondary N) is 1. The van der Waals surface area contributed by atoms with Crippen molar-refractivity contribution >= 4 is 11.8 Å². The largest absolute Gasteiger partial charge is 0.310 e. The van der Waals surface area contributed by atoms with Crippen LogP contribution in [0.1, 0.15) is 45.4 Å². The molecule has 2 rings (SSSR count). The Hall–Kier alpha value is 0.310. The van der Waals surface area contributed by atoms with E-state index in [2.05, 4.69) is 24.0 Å². The van der Waals surface area contributed by atoms with Gasteiger partial charge in [-0.05, 0) is 37.4 Å². The Morgan fingerprint density at radius 1 is 1.00 bits per heavy atom. The van der Waals surface area contributed by atoms with Crippen molar-refractivity contribution in [2.45, 2.75) is 57.5 Å². The molecule has 0 aromatic rings. The zero-order valence-electron chi connectivity index (χ0n) is 9.30. The highest BCUT2D eigenvalue weighted by atomic mass is 32.2. The van der Waals surface area contributed by atoms with E-state index < -0.39 is 0 Å². The number of hydrogen-bond donors (Lipinski definition) is 1. The molecule has 2 fully saturated rings. The van der Waals surface area contributed by atoms with Crippen molar-refractivity contribution in [2.24, 2.45) is 5.92 Å². The van der Waals surface area contributed by atoms with Gasteiger partial charge in [0.05, 0.1) is 0 Å². The molecule has 1 saturated heterocycles. The molecule has 2 heteroatoms. The van der Waals surface area contributed by atoms with Crippen molar-refractivity contribution in [3.8, 4) is 0 Å². The zero-order chi connectivity index (χ0) is 9.80. The molecule has 0 aromatic heterocycles. The van der Waals surface area contributed by atoms with Crippen molar-refractivity contribution in [2.75, 3.05) is 11.5 Å². The molecule has 3 unspecified atom stereocenters.